The molecule has 3 N–H and O–H groups in total. The molecule has 0 radical (unpaired) electrons. The van der Waals surface area contributed by atoms with Crippen LogP contribution in [0.3, 0.4) is 0 Å². The number of thioether (sulfide) groups is 1. The van der Waals surface area contributed by atoms with E-state index in [1.807, 2.05) is 43.0 Å². The van der Waals surface area contributed by atoms with E-state index in [2.05, 4.69) is 27.9 Å². The maximum absolute atomic E-state index is 12.1. The van der Waals surface area contributed by atoms with Crippen LogP contribution < -0.4 is 16.0 Å². The highest BCUT2D eigenvalue weighted by atomic mass is 32.2. The topological polar surface area (TPSA) is 65.5 Å². The Balaban J connectivity index is 1.85. The van der Waals surface area contributed by atoms with Crippen molar-refractivity contribution in [1.82, 2.24) is 16.0 Å². The quantitative estimate of drug-likeness (QED) is 0.515. The third-order valence-corrected chi connectivity index (χ3v) is 5.88. The van der Waals surface area contributed by atoms with Gasteiger partial charge in [-0.15, -0.1) is 0 Å². The summed E-state index contributed by atoms with van der Waals surface area (Å²) in [6.07, 6.45) is 3.48. The van der Waals surface area contributed by atoms with Crippen LogP contribution in [0, 0.1) is 0 Å². The van der Waals surface area contributed by atoms with Gasteiger partial charge in [-0.05, 0) is 49.6 Å². The van der Waals surface area contributed by atoms with Crippen molar-refractivity contribution in [3.05, 3.63) is 35.4 Å². The number of guanidine groups is 1. The minimum atomic E-state index is -0.0163. The van der Waals surface area contributed by atoms with Crippen molar-refractivity contribution in [3.8, 4) is 0 Å². The number of hydrogen-bond donors (Lipinski definition) is 3. The first-order valence-electron chi connectivity index (χ1n) is 9.02. The highest BCUT2D eigenvalue weighted by Gasteiger charge is 2.29. The van der Waals surface area contributed by atoms with Gasteiger partial charge in [0.05, 0.1) is 0 Å². The average molecular weight is 363 g/mol. The first-order valence-corrected chi connectivity index (χ1v) is 10.0. The first kappa shape index (κ1) is 19.6. The second-order valence-corrected chi connectivity index (χ2v) is 8.32. The predicted octanol–water partition coefficient (Wildman–Crippen LogP) is 2.78. The lowest BCUT2D eigenvalue weighted by Crippen LogP contribution is -2.43. The molecule has 1 amide bonds. The van der Waals surface area contributed by atoms with E-state index >= 15 is 0 Å². The van der Waals surface area contributed by atoms with E-state index in [9.17, 15) is 4.79 Å². The van der Waals surface area contributed by atoms with Crippen molar-refractivity contribution in [2.75, 3.05) is 25.9 Å². The standard InChI is InChI=1S/C19H30N4OS/c1-4-10-21-17(24)16-8-5-7-15(12-16)13-22-18(20-3)23-14-19(2)9-6-11-25-19/h5,7-8,12H,4,6,9-11,13-14H2,1-3H3,(H,21,24)(H2,20,22,23). The lowest BCUT2D eigenvalue weighted by Gasteiger charge is -2.24. The Morgan fingerprint density at radius 1 is 1.32 bits per heavy atom. The van der Waals surface area contributed by atoms with Gasteiger partial charge in [0.2, 0.25) is 0 Å². The van der Waals surface area contributed by atoms with E-state index in [1.54, 1.807) is 7.05 Å². The molecule has 0 spiro atoms. The van der Waals surface area contributed by atoms with Gasteiger partial charge >= 0.3 is 0 Å². The molecule has 0 bridgehead atoms. The summed E-state index contributed by atoms with van der Waals surface area (Å²) < 4.78 is 0.300. The lowest BCUT2D eigenvalue weighted by atomic mass is 10.1. The van der Waals surface area contributed by atoms with E-state index in [1.165, 1.54) is 18.6 Å². The normalized spacial score (nSPS) is 20.4. The molecule has 1 atom stereocenters. The van der Waals surface area contributed by atoms with E-state index in [0.29, 0.717) is 23.4 Å². The van der Waals surface area contributed by atoms with Gasteiger partial charge in [0.25, 0.3) is 5.91 Å². The Hall–Kier alpha value is -1.69. The molecule has 6 heteroatoms. The molecular weight excluding hydrogens is 332 g/mol. The maximum atomic E-state index is 12.1. The minimum Gasteiger partial charge on any atom is -0.355 e. The van der Waals surface area contributed by atoms with Crippen molar-refractivity contribution in [2.24, 2.45) is 4.99 Å². The highest BCUT2D eigenvalue weighted by molar-refractivity contribution is 8.00. The Labute approximate surface area is 155 Å². The number of rotatable bonds is 7. The van der Waals surface area contributed by atoms with Gasteiger partial charge in [0.1, 0.15) is 0 Å². The summed E-state index contributed by atoms with van der Waals surface area (Å²) >= 11 is 2.03. The number of nitrogens with one attached hydrogen (secondary N) is 3. The molecule has 25 heavy (non-hydrogen) atoms. The van der Waals surface area contributed by atoms with Crippen LogP contribution in [0.4, 0.5) is 0 Å². The highest BCUT2D eigenvalue weighted by Crippen LogP contribution is 2.36. The smallest absolute Gasteiger partial charge is 0.251 e. The van der Waals surface area contributed by atoms with Gasteiger partial charge in [-0.25, -0.2) is 0 Å². The summed E-state index contributed by atoms with van der Waals surface area (Å²) in [5.41, 5.74) is 1.76. The van der Waals surface area contributed by atoms with Crippen molar-refractivity contribution in [2.45, 2.75) is 44.4 Å². The molecule has 1 heterocycles. The first-order chi connectivity index (χ1) is 12.1. The van der Waals surface area contributed by atoms with Crippen LogP contribution in [0.2, 0.25) is 0 Å². The van der Waals surface area contributed by atoms with Crippen molar-refractivity contribution in [1.29, 1.82) is 0 Å². The fraction of sp³-hybridized carbons (Fsp3) is 0.579. The van der Waals surface area contributed by atoms with E-state index in [-0.39, 0.29) is 5.91 Å². The number of hydrogen-bond acceptors (Lipinski definition) is 3. The van der Waals surface area contributed by atoms with Crippen LogP contribution in [0.5, 0.6) is 0 Å². The molecular formula is C19H30N4OS. The summed E-state index contributed by atoms with van der Waals surface area (Å²) in [4.78, 5) is 16.4. The van der Waals surface area contributed by atoms with Crippen LogP contribution >= 0.6 is 11.8 Å². The predicted molar refractivity (Wildman–Crippen MR) is 107 cm³/mol. The molecule has 138 valence electrons. The third kappa shape index (κ3) is 6.27. The number of aliphatic imine (C=N–C) groups is 1. The van der Waals surface area contributed by atoms with E-state index < -0.39 is 0 Å². The SMILES string of the molecule is CCCNC(=O)c1cccc(CNC(=NC)NCC2(C)CCCS2)c1. The van der Waals surface area contributed by atoms with Crippen molar-refractivity contribution >= 4 is 23.6 Å². The summed E-state index contributed by atoms with van der Waals surface area (Å²) in [6.45, 7) is 6.61. The zero-order valence-electron chi connectivity index (χ0n) is 15.5. The Bertz CT molecular complexity index is 597. The van der Waals surface area contributed by atoms with Crippen LogP contribution in [0.15, 0.2) is 29.3 Å². The maximum Gasteiger partial charge on any atom is 0.251 e. The number of nitrogens with zero attached hydrogens (tertiary/aromatic N) is 1. The molecule has 0 aliphatic carbocycles. The van der Waals surface area contributed by atoms with Gasteiger partial charge in [-0.3, -0.25) is 9.79 Å². The van der Waals surface area contributed by atoms with E-state index in [0.717, 1.165) is 24.5 Å². The summed E-state index contributed by atoms with van der Waals surface area (Å²) in [5, 5.41) is 9.67. The van der Waals surface area contributed by atoms with Gasteiger partial charge in [-0.2, -0.15) is 11.8 Å². The van der Waals surface area contributed by atoms with Crippen molar-refractivity contribution < 1.29 is 4.79 Å². The molecule has 1 fully saturated rings. The zero-order chi connectivity index (χ0) is 18.1. The van der Waals surface area contributed by atoms with Gasteiger partial charge in [0, 0.05) is 37.0 Å². The molecule has 1 aromatic rings. The molecule has 1 saturated heterocycles. The number of carbonyl (C=O) groups excluding carboxylic acids is 1. The second-order valence-electron chi connectivity index (χ2n) is 6.64. The van der Waals surface area contributed by atoms with Gasteiger partial charge in [-0.1, -0.05) is 19.1 Å². The fourth-order valence-electron chi connectivity index (χ4n) is 2.82. The molecule has 5 nitrogen and oxygen atoms in total. The molecule has 1 aliphatic rings. The average Bonchev–Trinajstić information content (AvgIpc) is 3.07. The summed E-state index contributed by atoms with van der Waals surface area (Å²) in [5.74, 6) is 2.03. The van der Waals surface area contributed by atoms with Crippen LogP contribution in [-0.4, -0.2) is 42.5 Å². The minimum absolute atomic E-state index is 0.0163. The van der Waals surface area contributed by atoms with Crippen LogP contribution in [0.1, 0.15) is 49.0 Å². The fourth-order valence-corrected chi connectivity index (χ4v) is 4.06. The summed E-state index contributed by atoms with van der Waals surface area (Å²) in [7, 11) is 1.79. The Morgan fingerprint density at radius 3 is 2.84 bits per heavy atom. The molecule has 1 aromatic carbocycles. The van der Waals surface area contributed by atoms with Crippen LogP contribution in [-0.2, 0) is 6.54 Å². The largest absolute Gasteiger partial charge is 0.355 e. The van der Waals surface area contributed by atoms with Crippen LogP contribution in [0.25, 0.3) is 0 Å². The van der Waals surface area contributed by atoms with E-state index in [4.69, 9.17) is 0 Å². The Morgan fingerprint density at radius 2 is 2.16 bits per heavy atom. The van der Waals surface area contributed by atoms with Gasteiger partial charge < -0.3 is 16.0 Å². The Kier molecular flexibility index (Phi) is 7.62. The third-order valence-electron chi connectivity index (χ3n) is 4.34. The number of carbonyl (C=O) groups is 1. The molecule has 0 saturated carbocycles. The molecule has 2 rings (SSSR count). The number of benzene rings is 1. The second kappa shape index (κ2) is 9.70. The summed E-state index contributed by atoms with van der Waals surface area (Å²) in [6, 6.07) is 7.72. The lowest BCUT2D eigenvalue weighted by molar-refractivity contribution is 0.0953. The molecule has 1 aliphatic heterocycles. The molecule has 0 aromatic heterocycles. The monoisotopic (exact) mass is 362 g/mol. The molecule has 1 unspecified atom stereocenters. The van der Waals surface area contributed by atoms with Gasteiger partial charge in [0.15, 0.2) is 5.96 Å². The zero-order valence-corrected chi connectivity index (χ0v) is 16.3. The van der Waals surface area contributed by atoms with Crippen molar-refractivity contribution in [3.63, 3.8) is 0 Å². The number of amides is 1.